The third kappa shape index (κ3) is 3.56. The molecule has 0 radical (unpaired) electrons. The van der Waals surface area contributed by atoms with Gasteiger partial charge in [-0.1, -0.05) is 35.9 Å². The van der Waals surface area contributed by atoms with Gasteiger partial charge in [-0.25, -0.2) is 0 Å². The third-order valence-corrected chi connectivity index (χ3v) is 3.97. The molecule has 1 heterocycles. The molecule has 4 heteroatoms. The first-order valence-electron chi connectivity index (χ1n) is 7.10. The molecule has 0 amide bonds. The first kappa shape index (κ1) is 14.4. The maximum atomic E-state index is 9.94. The number of morpholine rings is 1. The lowest BCUT2D eigenvalue weighted by atomic mass is 10.0. The number of phenolic OH excluding ortho intramolecular Hbond substituents is 1. The van der Waals surface area contributed by atoms with Crippen LogP contribution in [0.1, 0.15) is 5.56 Å². The van der Waals surface area contributed by atoms with E-state index in [9.17, 15) is 5.11 Å². The fraction of sp³-hybridized carbons (Fsp3) is 0.294. The smallest absolute Gasteiger partial charge is 0.123 e. The summed E-state index contributed by atoms with van der Waals surface area (Å²) in [5.74, 6) is 0.250. The Labute approximate surface area is 129 Å². The van der Waals surface area contributed by atoms with E-state index in [1.807, 2.05) is 12.1 Å². The van der Waals surface area contributed by atoms with Crippen molar-refractivity contribution < 1.29 is 9.84 Å². The lowest BCUT2D eigenvalue weighted by molar-refractivity contribution is 0.0342. The number of benzene rings is 2. The zero-order valence-electron chi connectivity index (χ0n) is 11.8. The van der Waals surface area contributed by atoms with Crippen LogP contribution in [0.5, 0.6) is 5.75 Å². The summed E-state index contributed by atoms with van der Waals surface area (Å²) in [6.07, 6.45) is 0. The Balaban J connectivity index is 1.75. The SMILES string of the molecule is Oc1ccc(Cl)cc1-c1ccc(CN2CCOCC2)cc1. The van der Waals surface area contributed by atoms with E-state index in [0.29, 0.717) is 5.02 Å². The minimum atomic E-state index is 0.250. The number of hydrogen-bond acceptors (Lipinski definition) is 3. The van der Waals surface area contributed by atoms with Crippen LogP contribution in [-0.2, 0) is 11.3 Å². The van der Waals surface area contributed by atoms with Gasteiger partial charge in [-0.15, -0.1) is 0 Å². The predicted octanol–water partition coefficient (Wildman–Crippen LogP) is 3.54. The predicted molar refractivity (Wildman–Crippen MR) is 84.6 cm³/mol. The van der Waals surface area contributed by atoms with E-state index in [-0.39, 0.29) is 5.75 Å². The molecule has 3 rings (SSSR count). The minimum Gasteiger partial charge on any atom is -0.507 e. The lowest BCUT2D eigenvalue weighted by Crippen LogP contribution is -2.35. The molecule has 1 fully saturated rings. The summed E-state index contributed by atoms with van der Waals surface area (Å²) in [5, 5.41) is 10.6. The van der Waals surface area contributed by atoms with Crippen molar-refractivity contribution in [2.75, 3.05) is 26.3 Å². The number of halogens is 1. The molecule has 2 aromatic carbocycles. The van der Waals surface area contributed by atoms with Gasteiger partial charge >= 0.3 is 0 Å². The molecule has 0 aromatic heterocycles. The number of nitrogens with zero attached hydrogens (tertiary/aromatic N) is 1. The summed E-state index contributed by atoms with van der Waals surface area (Å²) in [7, 11) is 0. The Morgan fingerprint density at radius 1 is 1.05 bits per heavy atom. The van der Waals surface area contributed by atoms with Crippen LogP contribution >= 0.6 is 11.6 Å². The van der Waals surface area contributed by atoms with E-state index in [1.54, 1.807) is 18.2 Å². The van der Waals surface area contributed by atoms with E-state index in [4.69, 9.17) is 16.3 Å². The number of rotatable bonds is 3. The van der Waals surface area contributed by atoms with Crippen LogP contribution in [0.4, 0.5) is 0 Å². The number of ether oxygens (including phenoxy) is 1. The highest BCUT2D eigenvalue weighted by Crippen LogP contribution is 2.31. The summed E-state index contributed by atoms with van der Waals surface area (Å²) < 4.78 is 5.36. The molecule has 1 N–H and O–H groups in total. The molecule has 0 saturated carbocycles. The highest BCUT2D eigenvalue weighted by Gasteiger charge is 2.11. The van der Waals surface area contributed by atoms with Gasteiger partial charge in [0.05, 0.1) is 13.2 Å². The molecule has 0 unspecified atom stereocenters. The summed E-state index contributed by atoms with van der Waals surface area (Å²) in [6.45, 7) is 4.53. The normalized spacial score (nSPS) is 16.0. The van der Waals surface area contributed by atoms with Gasteiger partial charge in [-0.3, -0.25) is 4.90 Å². The quantitative estimate of drug-likeness (QED) is 0.941. The summed E-state index contributed by atoms with van der Waals surface area (Å²) in [4.78, 5) is 2.38. The summed E-state index contributed by atoms with van der Waals surface area (Å²) in [5.41, 5.74) is 3.00. The van der Waals surface area contributed by atoms with Gasteiger partial charge in [0.2, 0.25) is 0 Å². The van der Waals surface area contributed by atoms with Crippen LogP contribution in [0.25, 0.3) is 11.1 Å². The van der Waals surface area contributed by atoms with E-state index in [0.717, 1.165) is 44.0 Å². The van der Waals surface area contributed by atoms with Crippen molar-refractivity contribution in [3.05, 3.63) is 53.1 Å². The fourth-order valence-corrected chi connectivity index (χ4v) is 2.72. The molecule has 1 saturated heterocycles. The fourth-order valence-electron chi connectivity index (χ4n) is 2.55. The van der Waals surface area contributed by atoms with Gasteiger partial charge in [-0.05, 0) is 29.3 Å². The highest BCUT2D eigenvalue weighted by atomic mass is 35.5. The van der Waals surface area contributed by atoms with Gasteiger partial charge in [0.25, 0.3) is 0 Å². The van der Waals surface area contributed by atoms with Gasteiger partial charge in [0, 0.05) is 30.2 Å². The van der Waals surface area contributed by atoms with Crippen molar-refractivity contribution in [3.8, 4) is 16.9 Å². The molecule has 0 aliphatic carbocycles. The first-order chi connectivity index (χ1) is 10.2. The highest BCUT2D eigenvalue weighted by molar-refractivity contribution is 6.31. The molecule has 2 aromatic rings. The topological polar surface area (TPSA) is 32.7 Å². The molecule has 1 aliphatic heterocycles. The maximum absolute atomic E-state index is 9.94. The zero-order valence-corrected chi connectivity index (χ0v) is 12.5. The molecule has 110 valence electrons. The standard InChI is InChI=1S/C17H18ClNO2/c18-15-5-6-17(20)16(11-15)14-3-1-13(2-4-14)12-19-7-9-21-10-8-19/h1-6,11,20H,7-10,12H2. The van der Waals surface area contributed by atoms with Gasteiger partial charge in [0.15, 0.2) is 0 Å². The van der Waals surface area contributed by atoms with Gasteiger partial charge in [0.1, 0.15) is 5.75 Å². The van der Waals surface area contributed by atoms with Crippen LogP contribution in [0.3, 0.4) is 0 Å². The van der Waals surface area contributed by atoms with Crippen LogP contribution in [0, 0.1) is 0 Å². The second-order valence-electron chi connectivity index (χ2n) is 5.25. The van der Waals surface area contributed by atoms with Crippen LogP contribution in [0.15, 0.2) is 42.5 Å². The molecule has 0 spiro atoms. The Kier molecular flexibility index (Phi) is 4.44. The van der Waals surface area contributed by atoms with Crippen molar-refractivity contribution >= 4 is 11.6 Å². The Hall–Kier alpha value is -1.55. The van der Waals surface area contributed by atoms with E-state index >= 15 is 0 Å². The number of phenols is 1. The first-order valence-corrected chi connectivity index (χ1v) is 7.48. The second kappa shape index (κ2) is 6.48. The van der Waals surface area contributed by atoms with E-state index in [2.05, 4.69) is 17.0 Å². The third-order valence-electron chi connectivity index (χ3n) is 3.73. The summed E-state index contributed by atoms with van der Waals surface area (Å²) >= 11 is 6.00. The Bertz CT molecular complexity index is 607. The van der Waals surface area contributed by atoms with Crippen LogP contribution < -0.4 is 0 Å². The van der Waals surface area contributed by atoms with Crippen LogP contribution in [-0.4, -0.2) is 36.3 Å². The van der Waals surface area contributed by atoms with Crippen molar-refractivity contribution in [1.29, 1.82) is 0 Å². The molecule has 0 bridgehead atoms. The van der Waals surface area contributed by atoms with E-state index < -0.39 is 0 Å². The number of hydrogen-bond donors (Lipinski definition) is 1. The van der Waals surface area contributed by atoms with E-state index in [1.165, 1.54) is 5.56 Å². The minimum absolute atomic E-state index is 0.250. The average molecular weight is 304 g/mol. The van der Waals surface area contributed by atoms with Crippen molar-refractivity contribution in [2.24, 2.45) is 0 Å². The molecular weight excluding hydrogens is 286 g/mol. The van der Waals surface area contributed by atoms with Gasteiger partial charge in [-0.2, -0.15) is 0 Å². The van der Waals surface area contributed by atoms with Crippen molar-refractivity contribution in [3.63, 3.8) is 0 Å². The largest absolute Gasteiger partial charge is 0.507 e. The monoisotopic (exact) mass is 303 g/mol. The maximum Gasteiger partial charge on any atom is 0.123 e. The number of aromatic hydroxyl groups is 1. The summed E-state index contributed by atoms with van der Waals surface area (Å²) in [6, 6.07) is 13.4. The molecule has 0 atom stereocenters. The molecule has 21 heavy (non-hydrogen) atoms. The molecule has 3 nitrogen and oxygen atoms in total. The molecule has 1 aliphatic rings. The second-order valence-corrected chi connectivity index (χ2v) is 5.68. The zero-order chi connectivity index (χ0) is 14.7. The Morgan fingerprint density at radius 3 is 2.48 bits per heavy atom. The van der Waals surface area contributed by atoms with Crippen molar-refractivity contribution in [2.45, 2.75) is 6.54 Å². The Morgan fingerprint density at radius 2 is 1.76 bits per heavy atom. The molecular formula is C17H18ClNO2. The van der Waals surface area contributed by atoms with Crippen LogP contribution in [0.2, 0.25) is 5.02 Å². The van der Waals surface area contributed by atoms with Gasteiger partial charge < -0.3 is 9.84 Å². The average Bonchev–Trinajstić information content (AvgIpc) is 2.52. The van der Waals surface area contributed by atoms with Crippen molar-refractivity contribution in [1.82, 2.24) is 4.90 Å². The lowest BCUT2D eigenvalue weighted by Gasteiger charge is -2.26.